The molecule has 0 saturated carbocycles. The maximum absolute atomic E-state index is 9.29. The van der Waals surface area contributed by atoms with Crippen molar-refractivity contribution in [3.63, 3.8) is 0 Å². The van der Waals surface area contributed by atoms with E-state index in [1.807, 2.05) is 0 Å². The van der Waals surface area contributed by atoms with Crippen LogP contribution in [0.4, 0.5) is 11.5 Å². The van der Waals surface area contributed by atoms with Crippen LogP contribution in [0.3, 0.4) is 0 Å². The highest BCUT2D eigenvalue weighted by Gasteiger charge is 2.12. The molecule has 7 heteroatoms. The molecule has 0 amide bonds. The first kappa shape index (κ1) is 12.8. The Hall–Kier alpha value is -1.31. The summed E-state index contributed by atoms with van der Waals surface area (Å²) in [4.78, 5) is 0. The first-order valence-electron chi connectivity index (χ1n) is 5.06. The van der Waals surface area contributed by atoms with Gasteiger partial charge in [-0.1, -0.05) is 0 Å². The van der Waals surface area contributed by atoms with Crippen molar-refractivity contribution in [3.05, 3.63) is 6.20 Å². The van der Waals surface area contributed by atoms with E-state index in [2.05, 4.69) is 10.4 Å². The fraction of sp³-hybridized carbons (Fsp3) is 0.667. The molecule has 92 valence electrons. The highest BCUT2D eigenvalue weighted by Crippen LogP contribution is 2.17. The Labute approximate surface area is 93.5 Å². The van der Waals surface area contributed by atoms with Gasteiger partial charge in [-0.2, -0.15) is 5.10 Å². The van der Waals surface area contributed by atoms with Crippen LogP contribution >= 0.6 is 0 Å². The monoisotopic (exact) mass is 230 g/mol. The molecule has 0 spiro atoms. The molecule has 7 nitrogen and oxygen atoms in total. The van der Waals surface area contributed by atoms with Crippen LogP contribution in [0.15, 0.2) is 6.20 Å². The smallest absolute Gasteiger partial charge is 0.147 e. The second-order valence-corrected chi connectivity index (χ2v) is 3.70. The van der Waals surface area contributed by atoms with Gasteiger partial charge >= 0.3 is 0 Å². The predicted octanol–water partition coefficient (Wildman–Crippen LogP) is -1.39. The Balaban J connectivity index is 2.69. The third-order valence-electron chi connectivity index (χ3n) is 2.03. The Morgan fingerprint density at radius 1 is 1.56 bits per heavy atom. The van der Waals surface area contributed by atoms with Crippen LogP contribution in [-0.2, 0) is 6.54 Å². The normalized spacial score (nSPS) is 14.8. The summed E-state index contributed by atoms with van der Waals surface area (Å²) >= 11 is 0. The number of hydrogen-bond donors (Lipinski definition) is 5. The van der Waals surface area contributed by atoms with E-state index in [1.54, 1.807) is 6.92 Å². The zero-order valence-electron chi connectivity index (χ0n) is 9.17. The highest BCUT2D eigenvalue weighted by molar-refractivity contribution is 5.60. The molecule has 1 rings (SSSR count). The van der Waals surface area contributed by atoms with Crippen molar-refractivity contribution in [2.45, 2.75) is 25.7 Å². The largest absolute Gasteiger partial charge is 0.394 e. The molecule has 16 heavy (non-hydrogen) atoms. The molecule has 0 fully saturated rings. The summed E-state index contributed by atoms with van der Waals surface area (Å²) in [5, 5.41) is 34.0. The van der Waals surface area contributed by atoms with Gasteiger partial charge in [0.15, 0.2) is 0 Å². The number of rotatable bonds is 6. The van der Waals surface area contributed by atoms with Gasteiger partial charge in [0.25, 0.3) is 0 Å². The molecule has 0 aliphatic heterocycles. The van der Waals surface area contributed by atoms with Gasteiger partial charge in [-0.05, 0) is 6.92 Å². The molecular formula is C9H18N4O3. The SMILES string of the molecule is C[C@H](O)CNc1c(N)cnn1CC(O)CO. The van der Waals surface area contributed by atoms with Gasteiger partial charge in [-0.3, -0.25) is 0 Å². The Morgan fingerprint density at radius 2 is 2.25 bits per heavy atom. The van der Waals surface area contributed by atoms with E-state index in [1.165, 1.54) is 10.9 Å². The quantitative estimate of drug-likeness (QED) is 0.411. The average molecular weight is 230 g/mol. The number of aliphatic hydroxyl groups is 3. The molecule has 1 aromatic rings. The van der Waals surface area contributed by atoms with Gasteiger partial charge in [0, 0.05) is 6.54 Å². The van der Waals surface area contributed by atoms with Crippen LogP contribution in [0.5, 0.6) is 0 Å². The van der Waals surface area contributed by atoms with Crippen LogP contribution < -0.4 is 11.1 Å². The van der Waals surface area contributed by atoms with Crippen LogP contribution in [0.25, 0.3) is 0 Å². The van der Waals surface area contributed by atoms with Crippen molar-refractivity contribution >= 4 is 11.5 Å². The minimum atomic E-state index is -0.883. The Kier molecular flexibility index (Phi) is 4.53. The van der Waals surface area contributed by atoms with E-state index in [0.717, 1.165) is 0 Å². The van der Waals surface area contributed by atoms with E-state index >= 15 is 0 Å². The van der Waals surface area contributed by atoms with Crippen molar-refractivity contribution in [3.8, 4) is 0 Å². The third kappa shape index (κ3) is 3.37. The molecule has 0 aromatic carbocycles. The summed E-state index contributed by atoms with van der Waals surface area (Å²) in [6.07, 6.45) is 0.0611. The second kappa shape index (κ2) is 5.69. The summed E-state index contributed by atoms with van der Waals surface area (Å²) in [6, 6.07) is 0. The summed E-state index contributed by atoms with van der Waals surface area (Å²) in [5.74, 6) is 0.536. The van der Waals surface area contributed by atoms with E-state index in [4.69, 9.17) is 15.9 Å². The number of hydrogen-bond acceptors (Lipinski definition) is 6. The molecule has 1 aromatic heterocycles. The number of anilines is 2. The number of nitrogens with two attached hydrogens (primary N) is 1. The van der Waals surface area contributed by atoms with Crippen LogP contribution in [0.1, 0.15) is 6.92 Å². The standard InChI is InChI=1S/C9H18N4O3/c1-6(15)2-11-9-8(10)3-12-13(9)4-7(16)5-14/h3,6-7,11,14-16H,2,4-5,10H2,1H3/t6-,7?/m0/s1. The lowest BCUT2D eigenvalue weighted by atomic mass is 10.3. The van der Waals surface area contributed by atoms with Gasteiger partial charge in [0.2, 0.25) is 0 Å². The summed E-state index contributed by atoms with van der Waals surface area (Å²) in [7, 11) is 0. The van der Waals surface area contributed by atoms with Crippen LogP contribution in [-0.4, -0.2) is 50.5 Å². The molecule has 6 N–H and O–H groups in total. The first-order chi connectivity index (χ1) is 7.54. The van der Waals surface area contributed by atoms with Gasteiger partial charge in [0.1, 0.15) is 5.82 Å². The van der Waals surface area contributed by atoms with Gasteiger partial charge in [-0.25, -0.2) is 4.68 Å². The van der Waals surface area contributed by atoms with Crippen LogP contribution in [0, 0.1) is 0 Å². The molecule has 1 unspecified atom stereocenters. The predicted molar refractivity (Wildman–Crippen MR) is 59.9 cm³/mol. The first-order valence-corrected chi connectivity index (χ1v) is 5.06. The number of aromatic nitrogens is 2. The fourth-order valence-electron chi connectivity index (χ4n) is 1.23. The fourth-order valence-corrected chi connectivity index (χ4v) is 1.23. The minimum Gasteiger partial charge on any atom is -0.394 e. The Morgan fingerprint density at radius 3 is 2.81 bits per heavy atom. The molecular weight excluding hydrogens is 212 g/mol. The lowest BCUT2D eigenvalue weighted by Crippen LogP contribution is -2.24. The van der Waals surface area contributed by atoms with Gasteiger partial charge < -0.3 is 26.4 Å². The molecule has 0 bridgehead atoms. The second-order valence-electron chi connectivity index (χ2n) is 3.70. The summed E-state index contributed by atoms with van der Waals surface area (Å²) in [5.41, 5.74) is 6.11. The van der Waals surface area contributed by atoms with Gasteiger partial charge in [-0.15, -0.1) is 0 Å². The number of nitrogens with one attached hydrogen (secondary N) is 1. The van der Waals surface area contributed by atoms with E-state index in [9.17, 15) is 5.11 Å². The summed E-state index contributed by atoms with van der Waals surface area (Å²) in [6.45, 7) is 1.79. The highest BCUT2D eigenvalue weighted by atomic mass is 16.3. The zero-order valence-corrected chi connectivity index (χ0v) is 9.17. The Bertz CT molecular complexity index is 327. The molecule has 0 aliphatic rings. The third-order valence-corrected chi connectivity index (χ3v) is 2.03. The summed E-state index contributed by atoms with van der Waals surface area (Å²) < 4.78 is 1.46. The van der Waals surface area contributed by atoms with Crippen molar-refractivity contribution < 1.29 is 15.3 Å². The topological polar surface area (TPSA) is 117 Å². The maximum Gasteiger partial charge on any atom is 0.147 e. The average Bonchev–Trinajstić information content (AvgIpc) is 2.56. The molecule has 0 aliphatic carbocycles. The van der Waals surface area contributed by atoms with Crippen molar-refractivity contribution in [2.24, 2.45) is 0 Å². The zero-order chi connectivity index (χ0) is 12.1. The van der Waals surface area contributed by atoms with Crippen molar-refractivity contribution in [1.82, 2.24) is 9.78 Å². The molecule has 1 heterocycles. The van der Waals surface area contributed by atoms with Crippen LogP contribution in [0.2, 0.25) is 0 Å². The van der Waals surface area contributed by atoms with Gasteiger partial charge in [0.05, 0.1) is 37.2 Å². The minimum absolute atomic E-state index is 0.149. The number of aliphatic hydroxyl groups excluding tert-OH is 3. The molecule has 0 saturated heterocycles. The molecule has 2 atom stereocenters. The number of nitrogen functional groups attached to an aromatic ring is 1. The maximum atomic E-state index is 9.29. The lowest BCUT2D eigenvalue weighted by molar-refractivity contribution is 0.0787. The van der Waals surface area contributed by atoms with E-state index < -0.39 is 12.2 Å². The van der Waals surface area contributed by atoms with E-state index in [0.29, 0.717) is 18.1 Å². The lowest BCUT2D eigenvalue weighted by Gasteiger charge is -2.13. The molecule has 0 radical (unpaired) electrons. The van der Waals surface area contributed by atoms with Crippen molar-refractivity contribution in [1.29, 1.82) is 0 Å². The van der Waals surface area contributed by atoms with Crippen molar-refractivity contribution in [2.75, 3.05) is 24.2 Å². The number of nitrogens with zero attached hydrogens (tertiary/aromatic N) is 2. The van der Waals surface area contributed by atoms with E-state index in [-0.39, 0.29) is 13.2 Å².